The molecular formula is C36H51ClN4O5S. The molecule has 3 aliphatic rings. The van der Waals surface area contributed by atoms with E-state index in [-0.39, 0.29) is 64.9 Å². The lowest BCUT2D eigenvalue weighted by Gasteiger charge is -2.43. The molecule has 0 saturated carbocycles. The zero-order chi connectivity index (χ0) is 33.4. The van der Waals surface area contributed by atoms with Gasteiger partial charge in [0, 0.05) is 57.9 Å². The van der Waals surface area contributed by atoms with Gasteiger partial charge in [-0.15, -0.1) is 12.4 Å². The average Bonchev–Trinajstić information content (AvgIpc) is 3.48. The van der Waals surface area contributed by atoms with Gasteiger partial charge in [-0.2, -0.15) is 0 Å². The molecule has 4 amide bonds. The average molecular weight is 687 g/mol. The van der Waals surface area contributed by atoms with Crippen LogP contribution in [0.25, 0.3) is 0 Å². The van der Waals surface area contributed by atoms with Gasteiger partial charge in [0.25, 0.3) is 5.91 Å². The molecule has 0 N–H and O–H groups in total. The van der Waals surface area contributed by atoms with Crippen molar-refractivity contribution >= 4 is 40.1 Å². The highest BCUT2D eigenvalue weighted by molar-refractivity contribution is 7.90. The minimum absolute atomic E-state index is 0. The number of hydrogen-bond donors (Lipinski definition) is 0. The smallest absolute Gasteiger partial charge is 0.327 e. The first kappa shape index (κ1) is 36.9. The molecule has 3 aliphatic heterocycles. The number of hydrogen-bond acceptors (Lipinski definition) is 6. The maximum Gasteiger partial charge on any atom is 0.327 e. The van der Waals surface area contributed by atoms with E-state index in [1.807, 2.05) is 11.0 Å². The molecule has 3 fully saturated rings. The van der Waals surface area contributed by atoms with Gasteiger partial charge < -0.3 is 14.7 Å². The number of imide groups is 1. The molecule has 5 rings (SSSR count). The van der Waals surface area contributed by atoms with Crippen molar-refractivity contribution in [3.05, 3.63) is 65.7 Å². The van der Waals surface area contributed by atoms with Crippen molar-refractivity contribution in [2.75, 3.05) is 45.5 Å². The first-order valence-corrected chi connectivity index (χ1v) is 18.4. The molecule has 2 atom stereocenters. The second-order valence-electron chi connectivity index (χ2n) is 15.2. The van der Waals surface area contributed by atoms with Crippen molar-refractivity contribution in [3.8, 4) is 0 Å². The first-order valence-electron chi connectivity index (χ1n) is 16.5. The van der Waals surface area contributed by atoms with Crippen LogP contribution in [-0.2, 0) is 26.0 Å². The molecule has 2 aromatic rings. The van der Waals surface area contributed by atoms with Crippen LogP contribution < -0.4 is 0 Å². The van der Waals surface area contributed by atoms with Crippen molar-refractivity contribution in [2.24, 2.45) is 17.3 Å². The van der Waals surface area contributed by atoms with E-state index in [4.69, 9.17) is 0 Å². The Morgan fingerprint density at radius 2 is 1.57 bits per heavy atom. The molecule has 3 heterocycles. The van der Waals surface area contributed by atoms with E-state index in [1.165, 1.54) is 22.6 Å². The SMILES string of the molecule is CC(C)CN1C(=O)N(Cc2ccc(S(C)(=O)=O)cc2)C(=O)C12CCN(CC1CN(C(=O)CC(C)(C)C)CC1c1ccccc1)CC2.Cl. The van der Waals surface area contributed by atoms with Gasteiger partial charge in [-0.05, 0) is 53.4 Å². The quantitative estimate of drug-likeness (QED) is 0.326. The number of halogens is 1. The number of likely N-dealkylation sites (tertiary alicyclic amines) is 2. The van der Waals surface area contributed by atoms with E-state index in [0.717, 1.165) is 25.9 Å². The number of sulfone groups is 1. The molecule has 2 unspecified atom stereocenters. The summed E-state index contributed by atoms with van der Waals surface area (Å²) in [5.74, 6) is 0.769. The van der Waals surface area contributed by atoms with Crippen molar-refractivity contribution in [1.29, 1.82) is 0 Å². The van der Waals surface area contributed by atoms with Crippen LogP contribution in [0.3, 0.4) is 0 Å². The van der Waals surface area contributed by atoms with E-state index in [1.54, 1.807) is 17.0 Å². The third-order valence-electron chi connectivity index (χ3n) is 9.74. The number of urea groups is 1. The molecule has 1 spiro atoms. The summed E-state index contributed by atoms with van der Waals surface area (Å²) < 4.78 is 23.8. The van der Waals surface area contributed by atoms with Gasteiger partial charge in [-0.1, -0.05) is 77.1 Å². The Balaban J connectivity index is 0.00000500. The Bertz CT molecular complexity index is 1530. The summed E-state index contributed by atoms with van der Waals surface area (Å²) in [6.07, 6.45) is 2.80. The van der Waals surface area contributed by atoms with Crippen LogP contribution in [0.2, 0.25) is 0 Å². The standard InChI is InChI=1S/C36H50N4O5S.ClH/c1-26(2)21-40-34(43)39(22-27-12-14-30(15-13-27)46(6,44)45)33(42)36(40)16-18-37(19-17-36)23-29-24-38(32(41)20-35(3,4)5)25-31(29)28-10-8-7-9-11-28;/h7-15,26,29,31H,16-25H2,1-6H3;1H. The van der Waals surface area contributed by atoms with Crippen LogP contribution in [0.4, 0.5) is 4.79 Å². The Morgan fingerprint density at radius 3 is 2.13 bits per heavy atom. The number of piperidine rings is 1. The molecule has 0 radical (unpaired) electrons. The van der Waals surface area contributed by atoms with E-state index >= 15 is 0 Å². The maximum absolute atomic E-state index is 14.1. The largest absolute Gasteiger partial charge is 0.342 e. The zero-order valence-corrected chi connectivity index (χ0v) is 30.3. The highest BCUT2D eigenvalue weighted by atomic mass is 35.5. The normalized spacial score (nSPS) is 22.0. The van der Waals surface area contributed by atoms with Crippen LogP contribution in [0, 0.1) is 17.3 Å². The summed E-state index contributed by atoms with van der Waals surface area (Å²) in [7, 11) is -3.34. The molecule has 3 saturated heterocycles. The Morgan fingerprint density at radius 1 is 0.957 bits per heavy atom. The molecule has 0 aliphatic carbocycles. The van der Waals surface area contributed by atoms with Crippen LogP contribution in [0.15, 0.2) is 59.5 Å². The summed E-state index contributed by atoms with van der Waals surface area (Å²) in [6.45, 7) is 14.7. The molecule has 0 bridgehead atoms. The summed E-state index contributed by atoms with van der Waals surface area (Å²) in [4.78, 5) is 49.0. The number of amides is 4. The molecule has 9 nitrogen and oxygen atoms in total. The third kappa shape index (κ3) is 8.20. The highest BCUT2D eigenvalue weighted by Gasteiger charge is 2.58. The van der Waals surface area contributed by atoms with Crippen molar-refractivity contribution < 1.29 is 22.8 Å². The monoisotopic (exact) mass is 686 g/mol. The predicted octanol–water partition coefficient (Wildman–Crippen LogP) is 5.45. The van der Waals surface area contributed by atoms with Gasteiger partial charge >= 0.3 is 6.03 Å². The second-order valence-corrected chi connectivity index (χ2v) is 17.3. The fraction of sp³-hybridized carbons (Fsp3) is 0.583. The van der Waals surface area contributed by atoms with E-state index in [9.17, 15) is 22.8 Å². The van der Waals surface area contributed by atoms with Crippen LogP contribution in [-0.4, -0.2) is 96.9 Å². The zero-order valence-electron chi connectivity index (χ0n) is 28.6. The Hall–Kier alpha value is -2.95. The van der Waals surface area contributed by atoms with Gasteiger partial charge in [-0.3, -0.25) is 14.5 Å². The summed E-state index contributed by atoms with van der Waals surface area (Å²) in [6, 6.07) is 16.6. The summed E-state index contributed by atoms with van der Waals surface area (Å²) in [5.41, 5.74) is 1.02. The van der Waals surface area contributed by atoms with E-state index < -0.39 is 15.4 Å². The van der Waals surface area contributed by atoms with Gasteiger partial charge in [-0.25, -0.2) is 13.2 Å². The topological polar surface area (TPSA) is 98.3 Å². The number of carbonyl (C=O) groups excluding carboxylic acids is 3. The van der Waals surface area contributed by atoms with Gasteiger partial charge in [0.2, 0.25) is 5.91 Å². The van der Waals surface area contributed by atoms with Crippen molar-refractivity contribution in [3.63, 3.8) is 0 Å². The number of nitrogens with zero attached hydrogens (tertiary/aromatic N) is 4. The number of benzene rings is 2. The minimum atomic E-state index is -3.34. The van der Waals surface area contributed by atoms with Crippen LogP contribution in [0.1, 0.15) is 70.9 Å². The molecule has 11 heteroatoms. The lowest BCUT2D eigenvalue weighted by molar-refractivity contribution is -0.136. The van der Waals surface area contributed by atoms with Gasteiger partial charge in [0.1, 0.15) is 5.54 Å². The highest BCUT2D eigenvalue weighted by Crippen LogP contribution is 2.40. The molecular weight excluding hydrogens is 636 g/mol. The summed E-state index contributed by atoms with van der Waals surface area (Å²) in [5, 5.41) is 0. The first-order chi connectivity index (χ1) is 21.6. The van der Waals surface area contributed by atoms with Gasteiger partial charge in [0.15, 0.2) is 9.84 Å². The fourth-order valence-corrected chi connectivity index (χ4v) is 8.02. The minimum Gasteiger partial charge on any atom is -0.342 e. The van der Waals surface area contributed by atoms with E-state index in [2.05, 4.69) is 63.8 Å². The molecule has 0 aromatic heterocycles. The lowest BCUT2D eigenvalue weighted by atomic mass is 9.83. The van der Waals surface area contributed by atoms with Crippen molar-refractivity contribution in [2.45, 2.75) is 76.8 Å². The van der Waals surface area contributed by atoms with Crippen LogP contribution >= 0.6 is 12.4 Å². The van der Waals surface area contributed by atoms with E-state index in [0.29, 0.717) is 44.5 Å². The lowest BCUT2D eigenvalue weighted by Crippen LogP contribution is -2.57. The third-order valence-corrected chi connectivity index (χ3v) is 10.9. The number of rotatable bonds is 9. The molecule has 47 heavy (non-hydrogen) atoms. The Labute approximate surface area is 287 Å². The van der Waals surface area contributed by atoms with Gasteiger partial charge in [0.05, 0.1) is 11.4 Å². The summed E-state index contributed by atoms with van der Waals surface area (Å²) >= 11 is 0. The molecule has 258 valence electrons. The maximum atomic E-state index is 14.1. The predicted molar refractivity (Wildman–Crippen MR) is 186 cm³/mol. The van der Waals surface area contributed by atoms with Crippen LogP contribution in [0.5, 0.6) is 0 Å². The Kier molecular flexibility index (Phi) is 11.2. The number of carbonyl (C=O) groups is 3. The molecule has 2 aromatic carbocycles. The second kappa shape index (κ2) is 14.3. The van der Waals surface area contributed by atoms with Crippen molar-refractivity contribution in [1.82, 2.24) is 19.6 Å². The fourth-order valence-electron chi connectivity index (χ4n) is 7.39.